The van der Waals surface area contributed by atoms with Crippen LogP contribution in [0.5, 0.6) is 0 Å². The molecule has 0 aliphatic carbocycles. The Morgan fingerprint density at radius 3 is 3.06 bits per heavy atom. The lowest BCUT2D eigenvalue weighted by molar-refractivity contribution is -0.138. The minimum atomic E-state index is -0.200. The number of ether oxygens (including phenoxy) is 1. The fourth-order valence-corrected chi connectivity index (χ4v) is 2.12. The highest BCUT2D eigenvalue weighted by atomic mass is 16.5. The highest BCUT2D eigenvalue weighted by molar-refractivity contribution is 5.76. The molecule has 0 aromatic heterocycles. The molecule has 2 rings (SSSR count). The first-order valence-electron chi connectivity index (χ1n) is 5.83. The molecule has 1 atom stereocenters. The second-order valence-electron chi connectivity index (χ2n) is 4.37. The zero-order chi connectivity index (χ0) is 12.3. The summed E-state index contributed by atoms with van der Waals surface area (Å²) >= 11 is 0. The lowest BCUT2D eigenvalue weighted by Crippen LogP contribution is -2.39. The third kappa shape index (κ3) is 2.77. The minimum Gasteiger partial charge on any atom is -0.468 e. The molecule has 0 saturated heterocycles. The van der Waals surface area contributed by atoms with Gasteiger partial charge in [0.15, 0.2) is 0 Å². The number of hydrogen-bond acceptors (Lipinski definition) is 4. The molecule has 0 amide bonds. The molecule has 0 saturated carbocycles. The average Bonchev–Trinajstić information content (AvgIpc) is 2.50. The van der Waals surface area contributed by atoms with Crippen LogP contribution in [0.1, 0.15) is 12.5 Å². The lowest BCUT2D eigenvalue weighted by Gasteiger charge is -2.25. The number of para-hydroxylation sites is 1. The SMILES string of the molecule is COC(=O)CN1CC(C)NCc2ccccc21. The number of nitrogens with zero attached hydrogens (tertiary/aromatic N) is 1. The number of rotatable bonds is 2. The number of esters is 1. The van der Waals surface area contributed by atoms with Crippen LogP contribution < -0.4 is 10.2 Å². The van der Waals surface area contributed by atoms with Crippen molar-refractivity contribution in [3.8, 4) is 0 Å². The summed E-state index contributed by atoms with van der Waals surface area (Å²) in [4.78, 5) is 13.5. The third-order valence-electron chi connectivity index (χ3n) is 3.02. The van der Waals surface area contributed by atoms with Crippen molar-refractivity contribution >= 4 is 11.7 Å². The molecule has 1 aliphatic heterocycles. The van der Waals surface area contributed by atoms with Crippen molar-refractivity contribution in [1.82, 2.24) is 5.32 Å². The Morgan fingerprint density at radius 1 is 1.53 bits per heavy atom. The number of methoxy groups -OCH3 is 1. The first-order valence-corrected chi connectivity index (χ1v) is 5.83. The Kier molecular flexibility index (Phi) is 3.64. The van der Waals surface area contributed by atoms with Crippen molar-refractivity contribution in [3.63, 3.8) is 0 Å². The molecule has 4 heteroatoms. The molecule has 1 aromatic carbocycles. The average molecular weight is 234 g/mol. The molecule has 1 unspecified atom stereocenters. The van der Waals surface area contributed by atoms with Gasteiger partial charge in [-0.3, -0.25) is 4.79 Å². The summed E-state index contributed by atoms with van der Waals surface area (Å²) in [5, 5.41) is 3.43. The smallest absolute Gasteiger partial charge is 0.325 e. The van der Waals surface area contributed by atoms with Crippen LogP contribution >= 0.6 is 0 Å². The zero-order valence-electron chi connectivity index (χ0n) is 10.3. The third-order valence-corrected chi connectivity index (χ3v) is 3.02. The Balaban J connectivity index is 2.25. The Bertz CT molecular complexity index is 406. The summed E-state index contributed by atoms with van der Waals surface area (Å²) in [7, 11) is 1.42. The van der Waals surface area contributed by atoms with Gasteiger partial charge in [0.1, 0.15) is 6.54 Å². The summed E-state index contributed by atoms with van der Waals surface area (Å²) in [6.45, 7) is 4.08. The Morgan fingerprint density at radius 2 is 2.29 bits per heavy atom. The van der Waals surface area contributed by atoms with Gasteiger partial charge in [-0.1, -0.05) is 18.2 Å². The van der Waals surface area contributed by atoms with Crippen molar-refractivity contribution in [2.75, 3.05) is 25.1 Å². The van der Waals surface area contributed by atoms with Crippen molar-refractivity contribution in [3.05, 3.63) is 29.8 Å². The van der Waals surface area contributed by atoms with E-state index in [9.17, 15) is 4.79 Å². The predicted molar refractivity (Wildman–Crippen MR) is 67.0 cm³/mol. The van der Waals surface area contributed by atoms with E-state index in [1.165, 1.54) is 12.7 Å². The van der Waals surface area contributed by atoms with Crippen LogP contribution in [0.25, 0.3) is 0 Å². The number of hydrogen-bond donors (Lipinski definition) is 1. The number of nitrogens with one attached hydrogen (secondary N) is 1. The van der Waals surface area contributed by atoms with Crippen LogP contribution in [0.3, 0.4) is 0 Å². The van der Waals surface area contributed by atoms with E-state index in [2.05, 4.69) is 29.3 Å². The quantitative estimate of drug-likeness (QED) is 0.780. The van der Waals surface area contributed by atoms with Crippen LogP contribution in [0.2, 0.25) is 0 Å². The molecule has 4 nitrogen and oxygen atoms in total. The number of fused-ring (bicyclic) bond motifs is 1. The van der Waals surface area contributed by atoms with Crippen LogP contribution in [0.4, 0.5) is 5.69 Å². The molecule has 1 aromatic rings. The van der Waals surface area contributed by atoms with Crippen molar-refractivity contribution < 1.29 is 9.53 Å². The first kappa shape index (κ1) is 11.9. The number of benzene rings is 1. The molecule has 0 spiro atoms. The standard InChI is InChI=1S/C13H18N2O2/c1-10-8-15(9-13(16)17-2)12-6-4-3-5-11(12)7-14-10/h3-6,10,14H,7-9H2,1-2H3. The van der Waals surface area contributed by atoms with E-state index >= 15 is 0 Å². The number of carbonyl (C=O) groups excluding carboxylic acids is 1. The van der Waals surface area contributed by atoms with Crippen LogP contribution in [0.15, 0.2) is 24.3 Å². The Labute approximate surface area is 102 Å². The highest BCUT2D eigenvalue weighted by Gasteiger charge is 2.20. The zero-order valence-corrected chi connectivity index (χ0v) is 10.3. The lowest BCUT2D eigenvalue weighted by atomic mass is 10.1. The van der Waals surface area contributed by atoms with Gasteiger partial charge in [-0.25, -0.2) is 0 Å². The summed E-state index contributed by atoms with van der Waals surface area (Å²) < 4.78 is 4.74. The van der Waals surface area contributed by atoms with E-state index in [0.717, 1.165) is 18.8 Å². The van der Waals surface area contributed by atoms with Crippen LogP contribution in [0, 0.1) is 0 Å². The van der Waals surface area contributed by atoms with E-state index in [4.69, 9.17) is 4.74 Å². The molecular weight excluding hydrogens is 216 g/mol. The maximum absolute atomic E-state index is 11.4. The van der Waals surface area contributed by atoms with Crippen LogP contribution in [-0.4, -0.2) is 32.2 Å². The minimum absolute atomic E-state index is 0.200. The largest absolute Gasteiger partial charge is 0.468 e. The monoisotopic (exact) mass is 234 g/mol. The maximum atomic E-state index is 11.4. The van der Waals surface area contributed by atoms with Crippen molar-refractivity contribution in [2.45, 2.75) is 19.5 Å². The van der Waals surface area contributed by atoms with Gasteiger partial charge in [0, 0.05) is 24.8 Å². The molecule has 0 fully saturated rings. The summed E-state index contributed by atoms with van der Waals surface area (Å²) in [6, 6.07) is 8.52. The van der Waals surface area contributed by atoms with Gasteiger partial charge >= 0.3 is 5.97 Å². The second kappa shape index (κ2) is 5.19. The first-order chi connectivity index (χ1) is 8.20. The normalized spacial score (nSPS) is 19.4. The van der Waals surface area contributed by atoms with Gasteiger partial charge in [0.05, 0.1) is 7.11 Å². The van der Waals surface area contributed by atoms with Crippen molar-refractivity contribution in [1.29, 1.82) is 0 Å². The summed E-state index contributed by atoms with van der Waals surface area (Å²) in [5.74, 6) is -0.200. The van der Waals surface area contributed by atoms with Gasteiger partial charge < -0.3 is 15.0 Å². The molecule has 0 bridgehead atoms. The maximum Gasteiger partial charge on any atom is 0.325 e. The van der Waals surface area contributed by atoms with Crippen LogP contribution in [-0.2, 0) is 16.1 Å². The highest BCUT2D eigenvalue weighted by Crippen LogP contribution is 2.23. The molecule has 1 N–H and O–H groups in total. The molecule has 1 aliphatic rings. The van der Waals surface area contributed by atoms with E-state index < -0.39 is 0 Å². The fourth-order valence-electron chi connectivity index (χ4n) is 2.12. The van der Waals surface area contributed by atoms with Gasteiger partial charge in [-0.05, 0) is 18.6 Å². The van der Waals surface area contributed by atoms with Crippen molar-refractivity contribution in [2.24, 2.45) is 0 Å². The van der Waals surface area contributed by atoms with Gasteiger partial charge in [0.2, 0.25) is 0 Å². The predicted octanol–water partition coefficient (Wildman–Crippen LogP) is 1.16. The van der Waals surface area contributed by atoms with Gasteiger partial charge in [0.25, 0.3) is 0 Å². The number of carbonyl (C=O) groups is 1. The fraction of sp³-hybridized carbons (Fsp3) is 0.462. The molecule has 92 valence electrons. The topological polar surface area (TPSA) is 41.6 Å². The van der Waals surface area contributed by atoms with E-state index in [-0.39, 0.29) is 5.97 Å². The second-order valence-corrected chi connectivity index (χ2v) is 4.37. The molecular formula is C13H18N2O2. The molecule has 0 radical (unpaired) electrons. The number of anilines is 1. The van der Waals surface area contributed by atoms with E-state index in [1.807, 2.05) is 12.1 Å². The Hall–Kier alpha value is -1.55. The van der Waals surface area contributed by atoms with E-state index in [1.54, 1.807) is 0 Å². The molecule has 1 heterocycles. The summed E-state index contributed by atoms with van der Waals surface area (Å²) in [5.41, 5.74) is 2.34. The summed E-state index contributed by atoms with van der Waals surface area (Å²) in [6.07, 6.45) is 0. The molecule has 17 heavy (non-hydrogen) atoms. The van der Waals surface area contributed by atoms with Gasteiger partial charge in [-0.2, -0.15) is 0 Å². The van der Waals surface area contributed by atoms with E-state index in [0.29, 0.717) is 12.6 Å². The van der Waals surface area contributed by atoms with Gasteiger partial charge in [-0.15, -0.1) is 0 Å².